The van der Waals surface area contributed by atoms with Crippen LogP contribution in [0, 0.1) is 0 Å². The van der Waals surface area contributed by atoms with Gasteiger partial charge in [0.25, 0.3) is 6.43 Å². The van der Waals surface area contributed by atoms with Gasteiger partial charge in [-0.05, 0) is 13.0 Å². The zero-order valence-electron chi connectivity index (χ0n) is 9.20. The largest absolute Gasteiger partial charge is 0.338 e. The first-order valence-corrected chi connectivity index (χ1v) is 5.17. The van der Waals surface area contributed by atoms with Gasteiger partial charge in [0.15, 0.2) is 5.82 Å². The van der Waals surface area contributed by atoms with Crippen molar-refractivity contribution in [2.24, 2.45) is 5.73 Å². The van der Waals surface area contributed by atoms with Crippen molar-refractivity contribution in [3.63, 3.8) is 0 Å². The van der Waals surface area contributed by atoms with Gasteiger partial charge < -0.3 is 10.3 Å². The zero-order valence-corrected chi connectivity index (χ0v) is 9.20. The van der Waals surface area contributed by atoms with E-state index in [4.69, 9.17) is 10.3 Å². The van der Waals surface area contributed by atoms with Crippen LogP contribution in [0.2, 0.25) is 0 Å². The van der Waals surface area contributed by atoms with E-state index >= 15 is 0 Å². The summed E-state index contributed by atoms with van der Waals surface area (Å²) in [5.74, 6) is 0.720. The van der Waals surface area contributed by atoms with Crippen molar-refractivity contribution >= 4 is 0 Å². The molecule has 0 spiro atoms. The molecule has 0 aliphatic carbocycles. The van der Waals surface area contributed by atoms with E-state index in [9.17, 15) is 8.78 Å². The van der Waals surface area contributed by atoms with Gasteiger partial charge in [-0.3, -0.25) is 4.90 Å². The average molecular weight is 234 g/mol. The molecule has 1 heterocycles. The molecule has 1 aromatic rings. The first-order chi connectivity index (χ1) is 7.65. The van der Waals surface area contributed by atoms with Crippen LogP contribution in [0.15, 0.2) is 4.52 Å². The number of rotatable bonds is 7. The predicted octanol–water partition coefficient (Wildman–Crippen LogP) is 1.01. The highest BCUT2D eigenvalue weighted by molar-refractivity contribution is 4.85. The number of alkyl halides is 2. The van der Waals surface area contributed by atoms with Crippen LogP contribution < -0.4 is 5.73 Å². The number of hydrogen-bond acceptors (Lipinski definition) is 5. The summed E-state index contributed by atoms with van der Waals surface area (Å²) in [4.78, 5) is 5.56. The normalized spacial score (nSPS) is 11.6. The fraction of sp³-hybridized carbons (Fsp3) is 0.778. The summed E-state index contributed by atoms with van der Waals surface area (Å²) in [5, 5.41) is 3.66. The molecule has 0 amide bonds. The lowest BCUT2D eigenvalue weighted by atomic mass is 10.4. The molecule has 0 aliphatic heterocycles. The van der Waals surface area contributed by atoms with Gasteiger partial charge in [0.2, 0.25) is 5.89 Å². The summed E-state index contributed by atoms with van der Waals surface area (Å²) >= 11 is 0. The Hall–Kier alpha value is -1.08. The topological polar surface area (TPSA) is 68.2 Å². The first-order valence-electron chi connectivity index (χ1n) is 5.17. The van der Waals surface area contributed by atoms with Gasteiger partial charge in [-0.15, -0.1) is 0 Å². The maximum atomic E-state index is 12.3. The molecule has 1 rings (SSSR count). The molecule has 0 fully saturated rings. The maximum Gasteiger partial charge on any atom is 0.251 e. The smallest absolute Gasteiger partial charge is 0.251 e. The van der Waals surface area contributed by atoms with Crippen LogP contribution in [0.5, 0.6) is 0 Å². The van der Waals surface area contributed by atoms with E-state index in [0.29, 0.717) is 18.3 Å². The van der Waals surface area contributed by atoms with Crippen molar-refractivity contribution in [3.05, 3.63) is 11.7 Å². The molecule has 0 saturated heterocycles. The summed E-state index contributed by atoms with van der Waals surface area (Å²) in [7, 11) is 0. The lowest BCUT2D eigenvalue weighted by Gasteiger charge is -2.18. The third kappa shape index (κ3) is 4.19. The summed E-state index contributed by atoms with van der Waals surface area (Å²) < 4.78 is 29.3. The van der Waals surface area contributed by atoms with Crippen LogP contribution in [-0.2, 0) is 13.1 Å². The van der Waals surface area contributed by atoms with Gasteiger partial charge in [-0.1, -0.05) is 12.1 Å². The van der Waals surface area contributed by atoms with Crippen LogP contribution in [-0.4, -0.2) is 34.6 Å². The highest BCUT2D eigenvalue weighted by Gasteiger charge is 2.14. The van der Waals surface area contributed by atoms with Crippen molar-refractivity contribution in [2.45, 2.75) is 32.9 Å². The monoisotopic (exact) mass is 234 g/mol. The number of nitrogens with two attached hydrogens (primary N) is 1. The molecule has 0 radical (unpaired) electrons. The Labute approximate surface area is 92.6 Å². The summed E-state index contributed by atoms with van der Waals surface area (Å²) in [6.07, 6.45) is -1.55. The fourth-order valence-corrected chi connectivity index (χ4v) is 1.38. The van der Waals surface area contributed by atoms with E-state index in [0.717, 1.165) is 6.42 Å². The molecule has 0 aromatic carbocycles. The minimum Gasteiger partial charge on any atom is -0.338 e. The molecule has 0 bridgehead atoms. The van der Waals surface area contributed by atoms with E-state index in [2.05, 4.69) is 10.1 Å². The quantitative estimate of drug-likeness (QED) is 0.762. The van der Waals surface area contributed by atoms with E-state index in [1.54, 1.807) is 4.90 Å². The molecule has 2 N–H and O–H groups in total. The van der Waals surface area contributed by atoms with E-state index in [-0.39, 0.29) is 19.6 Å². The predicted molar refractivity (Wildman–Crippen MR) is 53.8 cm³/mol. The second kappa shape index (κ2) is 6.49. The van der Waals surface area contributed by atoms with Crippen molar-refractivity contribution in [1.29, 1.82) is 0 Å². The Morgan fingerprint density at radius 1 is 1.50 bits per heavy atom. The van der Waals surface area contributed by atoms with Crippen LogP contribution in [0.25, 0.3) is 0 Å². The average Bonchev–Trinajstić information content (AvgIpc) is 2.65. The molecule has 0 atom stereocenters. The van der Waals surface area contributed by atoms with Crippen molar-refractivity contribution < 1.29 is 13.3 Å². The molecule has 0 aliphatic rings. The lowest BCUT2D eigenvalue weighted by Crippen LogP contribution is -2.29. The molecule has 92 valence electrons. The minimum absolute atomic E-state index is 0.162. The van der Waals surface area contributed by atoms with Crippen LogP contribution in [0.4, 0.5) is 8.78 Å². The highest BCUT2D eigenvalue weighted by Crippen LogP contribution is 2.05. The van der Waals surface area contributed by atoms with Crippen LogP contribution >= 0.6 is 0 Å². The van der Waals surface area contributed by atoms with Crippen molar-refractivity contribution in [2.75, 3.05) is 13.1 Å². The number of hydrogen-bond donors (Lipinski definition) is 1. The Kier molecular flexibility index (Phi) is 5.27. The SMILES string of the molecule is CCCN(Cc1noc(CN)n1)CC(F)F. The van der Waals surface area contributed by atoms with Crippen LogP contribution in [0.3, 0.4) is 0 Å². The van der Waals surface area contributed by atoms with Gasteiger partial charge in [0.1, 0.15) is 0 Å². The maximum absolute atomic E-state index is 12.3. The summed E-state index contributed by atoms with van der Waals surface area (Å²) in [6.45, 7) is 2.66. The first kappa shape index (κ1) is 13.0. The molecule has 1 aromatic heterocycles. The van der Waals surface area contributed by atoms with E-state index in [1.807, 2.05) is 6.92 Å². The second-order valence-corrected chi connectivity index (χ2v) is 3.43. The van der Waals surface area contributed by atoms with Gasteiger partial charge in [-0.2, -0.15) is 4.98 Å². The second-order valence-electron chi connectivity index (χ2n) is 3.43. The zero-order chi connectivity index (χ0) is 12.0. The summed E-state index contributed by atoms with van der Waals surface area (Å²) in [5.41, 5.74) is 5.30. The van der Waals surface area contributed by atoms with E-state index < -0.39 is 6.43 Å². The Morgan fingerprint density at radius 2 is 2.25 bits per heavy atom. The third-order valence-electron chi connectivity index (χ3n) is 1.99. The number of halogens is 2. The molecule has 0 unspecified atom stereocenters. The number of aromatic nitrogens is 2. The standard InChI is InChI=1S/C9H16F2N4O/c1-2-3-15(5-7(10)11)6-8-13-9(4-12)16-14-8/h7H,2-6,12H2,1H3. The lowest BCUT2D eigenvalue weighted by molar-refractivity contribution is 0.0830. The van der Waals surface area contributed by atoms with Gasteiger partial charge in [0, 0.05) is 0 Å². The minimum atomic E-state index is -2.35. The van der Waals surface area contributed by atoms with Crippen molar-refractivity contribution in [1.82, 2.24) is 15.0 Å². The number of nitrogens with zero attached hydrogens (tertiary/aromatic N) is 3. The summed E-state index contributed by atoms with van der Waals surface area (Å²) in [6, 6.07) is 0. The Bertz CT molecular complexity index is 305. The van der Waals surface area contributed by atoms with Crippen molar-refractivity contribution in [3.8, 4) is 0 Å². The highest BCUT2D eigenvalue weighted by atomic mass is 19.3. The third-order valence-corrected chi connectivity index (χ3v) is 1.99. The molecule has 5 nitrogen and oxygen atoms in total. The molecular formula is C9H16F2N4O. The molecule has 0 saturated carbocycles. The Balaban J connectivity index is 2.52. The van der Waals surface area contributed by atoms with E-state index in [1.165, 1.54) is 0 Å². The molecule has 16 heavy (non-hydrogen) atoms. The van der Waals surface area contributed by atoms with Crippen LogP contribution in [0.1, 0.15) is 25.1 Å². The Morgan fingerprint density at radius 3 is 2.75 bits per heavy atom. The van der Waals surface area contributed by atoms with Gasteiger partial charge >= 0.3 is 0 Å². The fourth-order valence-electron chi connectivity index (χ4n) is 1.38. The molecular weight excluding hydrogens is 218 g/mol. The van der Waals surface area contributed by atoms with Gasteiger partial charge in [0.05, 0.1) is 19.6 Å². The molecule has 7 heteroatoms. The van der Waals surface area contributed by atoms with Gasteiger partial charge in [-0.25, -0.2) is 8.78 Å².